The summed E-state index contributed by atoms with van der Waals surface area (Å²) in [6.45, 7) is 6.91. The van der Waals surface area contributed by atoms with Gasteiger partial charge in [-0.3, -0.25) is 0 Å². The lowest BCUT2D eigenvalue weighted by Crippen LogP contribution is -2.49. The molecule has 0 aliphatic carbocycles. The second-order valence-corrected chi connectivity index (χ2v) is 8.66. The molecule has 0 aliphatic rings. The molecule has 166 valence electrons. The van der Waals surface area contributed by atoms with Crippen LogP contribution in [0.2, 0.25) is 0 Å². The Morgan fingerprint density at radius 2 is 1.50 bits per heavy atom. The molecule has 0 bridgehead atoms. The summed E-state index contributed by atoms with van der Waals surface area (Å²) in [5.74, 6) is 0. The fourth-order valence-electron chi connectivity index (χ4n) is 2.98. The van der Waals surface area contributed by atoms with Crippen LogP contribution in [0.15, 0.2) is 12.2 Å². The first-order chi connectivity index (χ1) is 13.3. The maximum Gasteiger partial charge on any atom is 0.407 e. The van der Waals surface area contributed by atoms with Crippen LogP contribution >= 0.6 is 0 Å². The molecule has 0 fully saturated rings. The minimum atomic E-state index is -0.988. The van der Waals surface area contributed by atoms with Gasteiger partial charge in [0.1, 0.15) is 5.60 Å². The van der Waals surface area contributed by atoms with E-state index >= 15 is 0 Å². The van der Waals surface area contributed by atoms with Gasteiger partial charge in [0.2, 0.25) is 0 Å². The summed E-state index contributed by atoms with van der Waals surface area (Å²) in [6, 6.07) is -0.872. The van der Waals surface area contributed by atoms with Crippen molar-refractivity contribution in [3.05, 3.63) is 12.2 Å². The number of alkyl carbamates (subject to hydrolysis) is 1. The molecule has 5 heteroatoms. The van der Waals surface area contributed by atoms with Crippen molar-refractivity contribution in [2.75, 3.05) is 6.61 Å². The topological polar surface area (TPSA) is 81.6 Å². The van der Waals surface area contributed by atoms with Crippen LogP contribution in [0.3, 0.4) is 0 Å². The van der Waals surface area contributed by atoms with Crippen molar-refractivity contribution in [3.63, 3.8) is 0 Å². The Balaban J connectivity index is 3.75. The van der Waals surface area contributed by atoms with Crippen molar-refractivity contribution in [1.82, 2.24) is 5.32 Å². The number of allylic oxidation sites excluding steroid dienone is 1. The van der Waals surface area contributed by atoms with Crippen LogP contribution in [-0.2, 0) is 4.74 Å². The number of ether oxygens (including phenoxy) is 1. The van der Waals surface area contributed by atoms with Gasteiger partial charge in [-0.2, -0.15) is 0 Å². The number of aliphatic hydroxyl groups is 1. The van der Waals surface area contributed by atoms with Gasteiger partial charge in [0, 0.05) is 6.04 Å². The van der Waals surface area contributed by atoms with Crippen molar-refractivity contribution in [2.45, 2.75) is 122 Å². The molecule has 2 unspecified atom stereocenters. The quantitative estimate of drug-likeness (QED) is 0.287. The third-order valence-electron chi connectivity index (χ3n) is 4.60. The third-order valence-corrected chi connectivity index (χ3v) is 4.60. The van der Waals surface area contributed by atoms with Gasteiger partial charge in [-0.15, -0.1) is 6.61 Å². The van der Waals surface area contributed by atoms with E-state index in [2.05, 4.69) is 12.2 Å². The van der Waals surface area contributed by atoms with E-state index in [9.17, 15) is 15.0 Å². The molecule has 0 spiro atoms. The van der Waals surface area contributed by atoms with Gasteiger partial charge in [-0.05, 0) is 33.6 Å². The van der Waals surface area contributed by atoms with Crippen LogP contribution in [0, 0.1) is 0 Å². The smallest absolute Gasteiger partial charge is 0.407 e. The predicted molar refractivity (Wildman–Crippen MR) is 114 cm³/mol. The van der Waals surface area contributed by atoms with Crippen LogP contribution in [0.4, 0.5) is 4.79 Å². The zero-order chi connectivity index (χ0) is 21.3. The lowest BCUT2D eigenvalue weighted by atomic mass is 10.0. The molecule has 0 aliphatic heterocycles. The van der Waals surface area contributed by atoms with Crippen LogP contribution in [0.25, 0.3) is 0 Å². The first kappa shape index (κ1) is 26.9. The third kappa shape index (κ3) is 17.1. The molecular weight excluding hydrogens is 354 g/mol. The molecule has 0 aromatic rings. The van der Waals surface area contributed by atoms with E-state index in [1.165, 1.54) is 64.2 Å². The second kappa shape index (κ2) is 16.8. The van der Waals surface area contributed by atoms with Crippen molar-refractivity contribution >= 4 is 6.09 Å². The Bertz CT molecular complexity index is 404. The highest BCUT2D eigenvalue weighted by atomic mass is 16.6. The molecule has 5 nitrogen and oxygen atoms in total. The number of nitrogens with one attached hydrogen (secondary N) is 1. The Morgan fingerprint density at radius 1 is 1.00 bits per heavy atom. The number of carbonyl (C=O) groups excluding carboxylic acids is 1. The van der Waals surface area contributed by atoms with Gasteiger partial charge in [0.25, 0.3) is 0 Å². The Labute approximate surface area is 172 Å². The molecule has 0 aromatic carbocycles. The average molecular weight is 399 g/mol. The maximum absolute atomic E-state index is 11.7. The lowest BCUT2D eigenvalue weighted by molar-refractivity contribution is -0.375. The molecule has 0 rings (SSSR count). The van der Waals surface area contributed by atoms with E-state index in [1.54, 1.807) is 26.8 Å². The molecular formula is C23H44NO4-. The largest absolute Gasteiger partial charge is 0.853 e. The molecule has 0 saturated carbocycles. The summed E-state index contributed by atoms with van der Waals surface area (Å²) < 4.78 is 5.12. The van der Waals surface area contributed by atoms with Crippen LogP contribution in [0.5, 0.6) is 0 Å². The van der Waals surface area contributed by atoms with Gasteiger partial charge in [0.05, 0.1) is 6.10 Å². The van der Waals surface area contributed by atoms with Gasteiger partial charge < -0.3 is 20.3 Å². The summed E-state index contributed by atoms with van der Waals surface area (Å²) in [5.41, 5.74) is -0.632. The maximum atomic E-state index is 11.7. The lowest BCUT2D eigenvalue weighted by Gasteiger charge is -2.27. The van der Waals surface area contributed by atoms with Crippen molar-refractivity contribution < 1.29 is 19.7 Å². The molecule has 2 atom stereocenters. The minimum Gasteiger partial charge on any atom is -0.853 e. The summed E-state index contributed by atoms with van der Waals surface area (Å²) in [6.07, 6.45) is 17.1. The first-order valence-corrected chi connectivity index (χ1v) is 11.2. The van der Waals surface area contributed by atoms with E-state index in [-0.39, 0.29) is 0 Å². The van der Waals surface area contributed by atoms with Gasteiger partial charge in [0.15, 0.2) is 0 Å². The molecule has 2 N–H and O–H groups in total. The van der Waals surface area contributed by atoms with Gasteiger partial charge >= 0.3 is 6.09 Å². The summed E-state index contributed by atoms with van der Waals surface area (Å²) in [7, 11) is 0. The minimum absolute atomic E-state index is 0.594. The Hall–Kier alpha value is -1.07. The fraction of sp³-hybridized carbons (Fsp3) is 0.870. The van der Waals surface area contributed by atoms with E-state index in [1.807, 2.05) is 6.08 Å². The number of amides is 1. The summed E-state index contributed by atoms with van der Waals surface area (Å²) in [4.78, 5) is 11.7. The zero-order valence-corrected chi connectivity index (χ0v) is 18.7. The highest BCUT2D eigenvalue weighted by Crippen LogP contribution is 2.12. The Kier molecular flexibility index (Phi) is 16.2. The SMILES string of the molecule is CCCCCCCCCCCCC/C=C/C(O)C(C[O-])NC(=O)OC(C)(C)C. The van der Waals surface area contributed by atoms with E-state index < -0.39 is 30.4 Å². The molecule has 0 radical (unpaired) electrons. The summed E-state index contributed by atoms with van der Waals surface area (Å²) >= 11 is 0. The van der Waals surface area contributed by atoms with E-state index in [4.69, 9.17) is 4.74 Å². The molecule has 1 amide bonds. The number of carbonyl (C=O) groups is 1. The fourth-order valence-corrected chi connectivity index (χ4v) is 2.98. The highest BCUT2D eigenvalue weighted by Gasteiger charge is 2.20. The monoisotopic (exact) mass is 398 g/mol. The van der Waals surface area contributed by atoms with Gasteiger partial charge in [-0.1, -0.05) is 83.3 Å². The van der Waals surface area contributed by atoms with Crippen LogP contribution in [-0.4, -0.2) is 35.6 Å². The van der Waals surface area contributed by atoms with Crippen molar-refractivity contribution in [3.8, 4) is 0 Å². The number of rotatable bonds is 16. The number of unbranched alkanes of at least 4 members (excludes halogenated alkanes) is 11. The second-order valence-electron chi connectivity index (χ2n) is 8.66. The van der Waals surface area contributed by atoms with Gasteiger partial charge in [-0.25, -0.2) is 4.79 Å². The number of hydrogen-bond donors (Lipinski definition) is 2. The number of aliphatic hydroxyl groups excluding tert-OH is 1. The van der Waals surface area contributed by atoms with E-state index in [0.29, 0.717) is 0 Å². The normalized spacial score (nSPS) is 14.2. The number of hydrogen-bond acceptors (Lipinski definition) is 4. The van der Waals surface area contributed by atoms with E-state index in [0.717, 1.165) is 12.8 Å². The van der Waals surface area contributed by atoms with Crippen LogP contribution < -0.4 is 10.4 Å². The van der Waals surface area contributed by atoms with Crippen LogP contribution in [0.1, 0.15) is 105 Å². The Morgan fingerprint density at radius 3 is 1.96 bits per heavy atom. The summed E-state index contributed by atoms with van der Waals surface area (Å²) in [5, 5.41) is 23.8. The zero-order valence-electron chi connectivity index (χ0n) is 18.7. The predicted octanol–water partition coefficient (Wildman–Crippen LogP) is 4.86. The highest BCUT2D eigenvalue weighted by molar-refractivity contribution is 5.68. The van der Waals surface area contributed by atoms with Crippen molar-refractivity contribution in [1.29, 1.82) is 0 Å². The first-order valence-electron chi connectivity index (χ1n) is 11.2. The molecule has 0 saturated heterocycles. The van der Waals surface area contributed by atoms with Crippen molar-refractivity contribution in [2.24, 2.45) is 0 Å². The molecule has 0 aromatic heterocycles. The average Bonchev–Trinajstić information content (AvgIpc) is 2.61. The molecule has 0 heterocycles. The molecule has 28 heavy (non-hydrogen) atoms. The standard InChI is InChI=1S/C23H44NO4/c1-5-6-7-8-9-10-11-12-13-14-15-16-17-18-21(26)20(19-25)24-22(27)28-23(2,3)4/h17-18,20-21,26H,5-16,19H2,1-4H3,(H,24,27)/q-1/b18-17+.